The normalized spacial score (nSPS) is 18.9. The third-order valence-electron chi connectivity index (χ3n) is 6.92. The first-order valence-corrected chi connectivity index (χ1v) is 12.9. The zero-order chi connectivity index (χ0) is 24.0. The Morgan fingerprint density at radius 2 is 1.65 bits per heavy atom. The molecule has 34 heavy (non-hydrogen) atoms. The van der Waals surface area contributed by atoms with Crippen molar-refractivity contribution in [3.05, 3.63) is 56.5 Å². The van der Waals surface area contributed by atoms with E-state index in [1.54, 1.807) is 17.0 Å². The Bertz CT molecular complexity index is 1140. The molecule has 2 saturated heterocycles. The molecule has 2 aromatic rings. The summed E-state index contributed by atoms with van der Waals surface area (Å²) >= 11 is 6.74. The first kappa shape index (κ1) is 23.2. The Morgan fingerprint density at radius 3 is 2.32 bits per heavy atom. The first-order valence-electron chi connectivity index (χ1n) is 11.3. The van der Waals surface area contributed by atoms with Crippen LogP contribution < -0.4 is 11.1 Å². The van der Waals surface area contributed by atoms with Crippen molar-refractivity contribution in [2.45, 2.75) is 25.4 Å². The smallest absolute Gasteiger partial charge is 0.322 e. The van der Waals surface area contributed by atoms with Crippen molar-refractivity contribution in [3.8, 4) is 0 Å². The minimum atomic E-state index is -0.175. The molecule has 4 amide bonds. The van der Waals surface area contributed by atoms with Crippen LogP contribution in [0.4, 0.5) is 16.2 Å². The Balaban J connectivity index is 1.13. The fourth-order valence-electron chi connectivity index (χ4n) is 4.86. The van der Waals surface area contributed by atoms with E-state index in [1.807, 2.05) is 34.1 Å². The third-order valence-corrected chi connectivity index (χ3v) is 8.23. The van der Waals surface area contributed by atoms with Crippen LogP contribution in [0, 0.1) is 5.92 Å². The largest absolute Gasteiger partial charge is 0.397 e. The zero-order valence-corrected chi connectivity index (χ0v) is 21.6. The second kappa shape index (κ2) is 9.22. The summed E-state index contributed by atoms with van der Waals surface area (Å²) in [5.41, 5.74) is 8.97. The maximum absolute atomic E-state index is 13.0. The average molecular weight is 591 g/mol. The molecule has 0 saturated carbocycles. The molecular formula is C24H25Br2N5O3. The van der Waals surface area contributed by atoms with Gasteiger partial charge in [0.2, 0.25) is 5.91 Å². The zero-order valence-electron chi connectivity index (χ0n) is 18.5. The minimum Gasteiger partial charge on any atom is -0.397 e. The number of para-hydroxylation sites is 1. The average Bonchev–Trinajstić information content (AvgIpc) is 2.80. The molecule has 2 aromatic carbocycles. The van der Waals surface area contributed by atoms with E-state index in [1.165, 1.54) is 0 Å². The van der Waals surface area contributed by atoms with Crippen molar-refractivity contribution in [2.24, 2.45) is 5.92 Å². The van der Waals surface area contributed by atoms with E-state index >= 15 is 0 Å². The lowest BCUT2D eigenvalue weighted by Gasteiger charge is -2.44. The van der Waals surface area contributed by atoms with E-state index in [-0.39, 0.29) is 29.8 Å². The topological polar surface area (TPSA) is 99.0 Å². The van der Waals surface area contributed by atoms with Gasteiger partial charge in [-0.15, -0.1) is 0 Å². The fourth-order valence-corrected chi connectivity index (χ4v) is 6.05. The number of hydrogen-bond acceptors (Lipinski definition) is 4. The van der Waals surface area contributed by atoms with E-state index in [2.05, 4.69) is 37.2 Å². The van der Waals surface area contributed by atoms with Crippen molar-refractivity contribution in [1.29, 1.82) is 0 Å². The van der Waals surface area contributed by atoms with Crippen molar-refractivity contribution in [2.75, 3.05) is 37.2 Å². The molecule has 0 radical (unpaired) electrons. The number of benzene rings is 2. The highest BCUT2D eigenvalue weighted by Gasteiger charge is 2.40. The fraction of sp³-hybridized carbons (Fsp3) is 0.375. The number of anilines is 2. The Kier molecular flexibility index (Phi) is 6.28. The Hall–Kier alpha value is -2.59. The number of urea groups is 1. The molecule has 3 N–H and O–H groups in total. The van der Waals surface area contributed by atoms with Gasteiger partial charge in [-0.05, 0) is 68.5 Å². The molecule has 8 nitrogen and oxygen atoms in total. The molecule has 0 bridgehead atoms. The summed E-state index contributed by atoms with van der Waals surface area (Å²) in [6.07, 6.45) is 1.51. The molecule has 178 valence electrons. The predicted octanol–water partition coefficient (Wildman–Crippen LogP) is 3.90. The first-order chi connectivity index (χ1) is 16.3. The summed E-state index contributed by atoms with van der Waals surface area (Å²) < 4.78 is 1.32. The second-order valence-corrected chi connectivity index (χ2v) is 10.7. The van der Waals surface area contributed by atoms with Crippen LogP contribution in [-0.4, -0.2) is 64.8 Å². The van der Waals surface area contributed by atoms with Gasteiger partial charge in [0.25, 0.3) is 5.91 Å². The number of fused-ring (bicyclic) bond motifs is 1. The van der Waals surface area contributed by atoms with Gasteiger partial charge < -0.3 is 25.8 Å². The van der Waals surface area contributed by atoms with Crippen molar-refractivity contribution in [1.82, 2.24) is 14.7 Å². The minimum absolute atomic E-state index is 0.0717. The van der Waals surface area contributed by atoms with Crippen molar-refractivity contribution in [3.63, 3.8) is 0 Å². The third kappa shape index (κ3) is 4.29. The maximum Gasteiger partial charge on any atom is 0.322 e. The lowest BCUT2D eigenvalue weighted by Crippen LogP contribution is -2.58. The molecule has 3 aliphatic rings. The van der Waals surface area contributed by atoms with Gasteiger partial charge in [-0.1, -0.05) is 18.2 Å². The highest BCUT2D eigenvalue weighted by molar-refractivity contribution is 9.11. The van der Waals surface area contributed by atoms with Crippen LogP contribution in [0.2, 0.25) is 0 Å². The van der Waals surface area contributed by atoms with E-state index < -0.39 is 0 Å². The standard InChI is InChI=1S/C24H25Br2N5O3/c25-18-9-15(10-19(26)21(18)27)22(32)30-11-16(12-30)23(33)29-7-5-17(6-8-29)31-13-14-3-1-2-4-20(14)28-24(31)34/h1-4,9-10,16-17H,5-8,11-13,27H2,(H,28,34). The molecule has 2 fully saturated rings. The molecule has 10 heteroatoms. The summed E-state index contributed by atoms with van der Waals surface area (Å²) in [6.45, 7) is 2.68. The lowest BCUT2D eigenvalue weighted by molar-refractivity contribution is -0.141. The van der Waals surface area contributed by atoms with Crippen LogP contribution in [0.5, 0.6) is 0 Å². The van der Waals surface area contributed by atoms with Crippen molar-refractivity contribution >= 4 is 61.1 Å². The number of carbonyl (C=O) groups is 3. The number of nitrogens with two attached hydrogens (primary N) is 1. The van der Waals surface area contributed by atoms with Crippen LogP contribution in [0.1, 0.15) is 28.8 Å². The van der Waals surface area contributed by atoms with Gasteiger partial charge in [-0.25, -0.2) is 4.79 Å². The molecule has 3 aliphatic heterocycles. The number of piperidine rings is 1. The Labute approximate surface area is 214 Å². The summed E-state index contributed by atoms with van der Waals surface area (Å²) in [5, 5.41) is 2.97. The maximum atomic E-state index is 13.0. The summed E-state index contributed by atoms with van der Waals surface area (Å²) in [7, 11) is 0. The Morgan fingerprint density at radius 1 is 1.00 bits per heavy atom. The number of hydrogen-bond donors (Lipinski definition) is 2. The molecule has 0 spiro atoms. The van der Waals surface area contributed by atoms with Crippen LogP contribution in [-0.2, 0) is 11.3 Å². The molecule has 0 aliphatic carbocycles. The number of likely N-dealkylation sites (tertiary alicyclic amines) is 2. The van der Waals surface area contributed by atoms with E-state index in [4.69, 9.17) is 5.73 Å². The predicted molar refractivity (Wildman–Crippen MR) is 136 cm³/mol. The molecule has 0 unspecified atom stereocenters. The number of halogens is 2. The molecular weight excluding hydrogens is 566 g/mol. The molecule has 0 atom stereocenters. The SMILES string of the molecule is Nc1c(Br)cc(C(=O)N2CC(C(=O)N3CCC(N4Cc5ccccc5NC4=O)CC3)C2)cc1Br. The van der Waals surface area contributed by atoms with Gasteiger partial charge in [-0.3, -0.25) is 9.59 Å². The van der Waals surface area contributed by atoms with E-state index in [0.29, 0.717) is 52.9 Å². The van der Waals surface area contributed by atoms with E-state index in [9.17, 15) is 14.4 Å². The van der Waals surface area contributed by atoms with Crippen LogP contribution in [0.3, 0.4) is 0 Å². The number of nitrogen functional groups attached to an aromatic ring is 1. The number of nitrogens with zero attached hydrogens (tertiary/aromatic N) is 3. The molecule has 3 heterocycles. The number of nitrogens with one attached hydrogen (secondary N) is 1. The van der Waals surface area contributed by atoms with Crippen LogP contribution >= 0.6 is 31.9 Å². The van der Waals surface area contributed by atoms with Gasteiger partial charge in [0, 0.05) is 59.0 Å². The lowest BCUT2D eigenvalue weighted by atomic mass is 9.94. The second-order valence-electron chi connectivity index (χ2n) is 9.03. The highest BCUT2D eigenvalue weighted by Crippen LogP contribution is 2.32. The van der Waals surface area contributed by atoms with Gasteiger partial charge in [-0.2, -0.15) is 0 Å². The van der Waals surface area contributed by atoms with Gasteiger partial charge in [0.1, 0.15) is 0 Å². The molecule has 0 aromatic heterocycles. The van der Waals surface area contributed by atoms with Crippen molar-refractivity contribution < 1.29 is 14.4 Å². The number of amides is 4. The van der Waals surface area contributed by atoms with Crippen LogP contribution in [0.15, 0.2) is 45.3 Å². The summed E-state index contributed by atoms with van der Waals surface area (Å²) in [4.78, 5) is 43.9. The quantitative estimate of drug-likeness (QED) is 0.530. The number of rotatable bonds is 3. The van der Waals surface area contributed by atoms with E-state index in [0.717, 1.165) is 24.1 Å². The van der Waals surface area contributed by atoms with Gasteiger partial charge in [0.05, 0.1) is 11.6 Å². The summed E-state index contributed by atoms with van der Waals surface area (Å²) in [5.74, 6) is -0.192. The van der Waals surface area contributed by atoms with Gasteiger partial charge in [0.15, 0.2) is 0 Å². The van der Waals surface area contributed by atoms with Crippen LogP contribution in [0.25, 0.3) is 0 Å². The monoisotopic (exact) mass is 589 g/mol. The number of carbonyl (C=O) groups excluding carboxylic acids is 3. The highest BCUT2D eigenvalue weighted by atomic mass is 79.9. The van der Waals surface area contributed by atoms with Gasteiger partial charge >= 0.3 is 6.03 Å². The molecule has 5 rings (SSSR count). The summed E-state index contributed by atoms with van der Waals surface area (Å²) in [6, 6.07) is 11.3.